The maximum absolute atomic E-state index is 12.0. The second-order valence-electron chi connectivity index (χ2n) is 4.80. The smallest absolute Gasteiger partial charge is 0.227 e. The summed E-state index contributed by atoms with van der Waals surface area (Å²) in [6, 6.07) is 7.57. The lowest BCUT2D eigenvalue weighted by molar-refractivity contribution is -0.117. The van der Waals surface area contributed by atoms with Crippen molar-refractivity contribution in [2.75, 3.05) is 23.8 Å². The Morgan fingerprint density at radius 1 is 1.40 bits per heavy atom. The average Bonchev–Trinajstić information content (AvgIpc) is 2.79. The van der Waals surface area contributed by atoms with Crippen LogP contribution in [-0.4, -0.2) is 29.9 Å². The van der Waals surface area contributed by atoms with Gasteiger partial charge in [-0.25, -0.2) is 0 Å². The molecule has 1 fully saturated rings. The monoisotopic (exact) mass is 293 g/mol. The lowest BCUT2D eigenvalue weighted by Gasteiger charge is -2.17. The van der Waals surface area contributed by atoms with Crippen LogP contribution in [0.25, 0.3) is 0 Å². The van der Waals surface area contributed by atoms with Crippen LogP contribution >= 0.6 is 11.8 Å². The predicted molar refractivity (Wildman–Crippen MR) is 81.2 cm³/mol. The Kier molecular flexibility index (Phi) is 5.06. The van der Waals surface area contributed by atoms with E-state index in [-0.39, 0.29) is 16.9 Å². The van der Waals surface area contributed by atoms with E-state index < -0.39 is 0 Å². The number of rotatable bonds is 5. The lowest BCUT2D eigenvalue weighted by Crippen LogP contribution is -2.24. The normalized spacial score (nSPS) is 18.4. The van der Waals surface area contributed by atoms with E-state index in [2.05, 4.69) is 0 Å². The molecule has 0 N–H and O–H groups in total. The van der Waals surface area contributed by atoms with Gasteiger partial charge >= 0.3 is 0 Å². The molecule has 4 nitrogen and oxygen atoms in total. The molecule has 0 radical (unpaired) electrons. The van der Waals surface area contributed by atoms with Gasteiger partial charge < -0.3 is 9.64 Å². The molecule has 0 aromatic heterocycles. The molecule has 1 aromatic carbocycles. The maximum Gasteiger partial charge on any atom is 0.227 e. The van der Waals surface area contributed by atoms with Crippen LogP contribution in [0.15, 0.2) is 24.3 Å². The fourth-order valence-electron chi connectivity index (χ4n) is 2.27. The van der Waals surface area contributed by atoms with Gasteiger partial charge in [0, 0.05) is 31.3 Å². The van der Waals surface area contributed by atoms with Crippen molar-refractivity contribution < 1.29 is 14.3 Å². The first-order valence-corrected chi connectivity index (χ1v) is 7.75. The maximum atomic E-state index is 12.0. The van der Waals surface area contributed by atoms with Crippen molar-refractivity contribution in [3.8, 4) is 5.75 Å². The van der Waals surface area contributed by atoms with Crippen molar-refractivity contribution in [2.45, 2.75) is 20.3 Å². The van der Waals surface area contributed by atoms with Gasteiger partial charge in [-0.05, 0) is 37.1 Å². The quantitative estimate of drug-likeness (QED) is 0.837. The second kappa shape index (κ2) is 6.79. The van der Waals surface area contributed by atoms with Crippen LogP contribution < -0.4 is 9.64 Å². The zero-order valence-corrected chi connectivity index (χ0v) is 12.6. The van der Waals surface area contributed by atoms with Gasteiger partial charge in [-0.15, -0.1) is 0 Å². The molecule has 1 saturated heterocycles. The molecule has 1 atom stereocenters. The highest BCUT2D eigenvalue weighted by molar-refractivity contribution is 8.13. The Balaban J connectivity index is 1.98. The summed E-state index contributed by atoms with van der Waals surface area (Å²) in [5.74, 6) is 1.91. The predicted octanol–water partition coefficient (Wildman–Crippen LogP) is 2.72. The van der Waals surface area contributed by atoms with Crippen molar-refractivity contribution in [1.82, 2.24) is 0 Å². The van der Waals surface area contributed by atoms with E-state index in [9.17, 15) is 9.59 Å². The summed E-state index contributed by atoms with van der Waals surface area (Å²) in [5.41, 5.74) is 0.897. The third-order valence-electron chi connectivity index (χ3n) is 3.19. The highest BCUT2D eigenvalue weighted by Gasteiger charge is 2.30. The summed E-state index contributed by atoms with van der Waals surface area (Å²) in [6.07, 6.45) is 0.521. The van der Waals surface area contributed by atoms with Crippen molar-refractivity contribution in [1.29, 1.82) is 0 Å². The molecule has 108 valence electrons. The van der Waals surface area contributed by atoms with E-state index in [0.717, 1.165) is 11.4 Å². The van der Waals surface area contributed by atoms with Crippen molar-refractivity contribution in [2.24, 2.45) is 5.92 Å². The molecule has 5 heteroatoms. The van der Waals surface area contributed by atoms with E-state index in [1.165, 1.54) is 11.8 Å². The molecule has 0 aliphatic carbocycles. The van der Waals surface area contributed by atoms with Gasteiger partial charge in [-0.2, -0.15) is 0 Å². The molecule has 1 heterocycles. The number of thioether (sulfide) groups is 1. The molecule has 1 aliphatic rings. The Hall–Kier alpha value is -1.49. The summed E-state index contributed by atoms with van der Waals surface area (Å²) < 4.78 is 5.39. The van der Waals surface area contributed by atoms with Gasteiger partial charge in [0.1, 0.15) is 5.75 Å². The molecule has 0 saturated carbocycles. The SMILES string of the molecule is CCOc1ccc(N2CC(CSC(C)=O)CC2=O)cc1. The zero-order valence-electron chi connectivity index (χ0n) is 11.8. The van der Waals surface area contributed by atoms with Crippen LogP contribution in [-0.2, 0) is 9.59 Å². The van der Waals surface area contributed by atoms with E-state index in [1.54, 1.807) is 11.8 Å². The molecule has 0 bridgehead atoms. The van der Waals surface area contributed by atoms with E-state index in [4.69, 9.17) is 4.74 Å². The third kappa shape index (κ3) is 3.76. The molecule has 2 rings (SSSR count). The molecular formula is C15H19NO3S. The minimum atomic E-state index is 0.108. The van der Waals surface area contributed by atoms with E-state index >= 15 is 0 Å². The number of hydrogen-bond acceptors (Lipinski definition) is 4. The average molecular weight is 293 g/mol. The van der Waals surface area contributed by atoms with E-state index in [1.807, 2.05) is 31.2 Å². The highest BCUT2D eigenvalue weighted by Crippen LogP contribution is 2.28. The highest BCUT2D eigenvalue weighted by atomic mass is 32.2. The van der Waals surface area contributed by atoms with Gasteiger partial charge in [-0.3, -0.25) is 9.59 Å². The minimum absolute atomic E-state index is 0.108. The van der Waals surface area contributed by atoms with Gasteiger partial charge in [0.25, 0.3) is 0 Å². The molecule has 0 spiro atoms. The Labute approximate surface area is 123 Å². The fourth-order valence-corrected chi connectivity index (χ4v) is 2.96. The number of carbonyl (C=O) groups is 2. The number of amides is 1. The number of carbonyl (C=O) groups excluding carboxylic acids is 2. The number of anilines is 1. The largest absolute Gasteiger partial charge is 0.494 e. The number of hydrogen-bond donors (Lipinski definition) is 0. The van der Waals surface area contributed by atoms with Gasteiger partial charge in [0.05, 0.1) is 6.61 Å². The molecule has 1 aromatic rings. The molecule has 1 aliphatic heterocycles. The number of nitrogens with zero attached hydrogens (tertiary/aromatic N) is 1. The van der Waals surface area contributed by atoms with Gasteiger partial charge in [0.2, 0.25) is 5.91 Å². The van der Waals surface area contributed by atoms with Crippen molar-refractivity contribution in [3.63, 3.8) is 0 Å². The topological polar surface area (TPSA) is 46.6 Å². The number of benzene rings is 1. The third-order valence-corrected chi connectivity index (χ3v) is 4.23. The number of ether oxygens (including phenoxy) is 1. The van der Waals surface area contributed by atoms with E-state index in [0.29, 0.717) is 25.3 Å². The Morgan fingerprint density at radius 3 is 2.70 bits per heavy atom. The van der Waals surface area contributed by atoms with Crippen LogP contribution in [0.4, 0.5) is 5.69 Å². The summed E-state index contributed by atoms with van der Waals surface area (Å²) in [4.78, 5) is 24.8. The Morgan fingerprint density at radius 2 is 2.10 bits per heavy atom. The molecular weight excluding hydrogens is 274 g/mol. The van der Waals surface area contributed by atoms with Gasteiger partial charge in [0.15, 0.2) is 5.12 Å². The standard InChI is InChI=1S/C15H19NO3S/c1-3-19-14-6-4-13(5-7-14)16-9-12(8-15(16)18)10-20-11(2)17/h4-7,12H,3,8-10H2,1-2H3. The van der Waals surface area contributed by atoms with Crippen molar-refractivity contribution in [3.05, 3.63) is 24.3 Å². The first-order chi connectivity index (χ1) is 9.60. The molecule has 20 heavy (non-hydrogen) atoms. The summed E-state index contributed by atoms with van der Waals surface area (Å²) in [7, 11) is 0. The van der Waals surface area contributed by atoms with Crippen LogP contribution in [0.3, 0.4) is 0 Å². The molecule has 1 unspecified atom stereocenters. The van der Waals surface area contributed by atoms with Crippen LogP contribution in [0, 0.1) is 5.92 Å². The first kappa shape index (κ1) is 14.9. The van der Waals surface area contributed by atoms with Crippen molar-refractivity contribution >= 4 is 28.5 Å². The van der Waals surface area contributed by atoms with Crippen LogP contribution in [0.1, 0.15) is 20.3 Å². The second-order valence-corrected chi connectivity index (χ2v) is 6.00. The summed E-state index contributed by atoms with van der Waals surface area (Å²) in [5, 5.41) is 0.108. The minimum Gasteiger partial charge on any atom is -0.494 e. The summed E-state index contributed by atoms with van der Waals surface area (Å²) >= 11 is 1.30. The van der Waals surface area contributed by atoms with Gasteiger partial charge in [-0.1, -0.05) is 11.8 Å². The summed E-state index contributed by atoms with van der Waals surface area (Å²) in [6.45, 7) is 4.82. The lowest BCUT2D eigenvalue weighted by atomic mass is 10.1. The van der Waals surface area contributed by atoms with Crippen LogP contribution in [0.2, 0.25) is 0 Å². The zero-order chi connectivity index (χ0) is 14.5. The van der Waals surface area contributed by atoms with Crippen LogP contribution in [0.5, 0.6) is 5.75 Å². The Bertz CT molecular complexity index is 486. The first-order valence-electron chi connectivity index (χ1n) is 6.76. The molecule has 1 amide bonds. The fraction of sp³-hybridized carbons (Fsp3) is 0.467.